The molecule has 126 valence electrons. The molecule has 25 heavy (non-hydrogen) atoms. The van der Waals surface area contributed by atoms with Gasteiger partial charge in [0.05, 0.1) is 5.56 Å². The van der Waals surface area contributed by atoms with Crippen molar-refractivity contribution in [3.63, 3.8) is 0 Å². The summed E-state index contributed by atoms with van der Waals surface area (Å²) in [6, 6.07) is 14.1. The summed E-state index contributed by atoms with van der Waals surface area (Å²) in [7, 11) is 0. The number of anilines is 2. The Morgan fingerprint density at radius 2 is 1.72 bits per heavy atom. The fourth-order valence-electron chi connectivity index (χ4n) is 2.13. The summed E-state index contributed by atoms with van der Waals surface area (Å²) >= 11 is 0. The van der Waals surface area contributed by atoms with Gasteiger partial charge in [-0.1, -0.05) is 6.07 Å². The molecule has 3 aromatic rings. The van der Waals surface area contributed by atoms with Crippen molar-refractivity contribution in [3.8, 4) is 11.5 Å². The van der Waals surface area contributed by atoms with Crippen molar-refractivity contribution >= 4 is 17.5 Å². The minimum Gasteiger partial charge on any atom is -0.478 e. The van der Waals surface area contributed by atoms with E-state index in [4.69, 9.17) is 9.84 Å². The third-order valence-electron chi connectivity index (χ3n) is 3.21. The van der Waals surface area contributed by atoms with E-state index in [-0.39, 0.29) is 11.4 Å². The minimum atomic E-state index is -1.03. The van der Waals surface area contributed by atoms with Crippen LogP contribution in [0, 0.1) is 0 Å². The van der Waals surface area contributed by atoms with Crippen LogP contribution < -0.4 is 21.3 Å². The standard InChI is InChI=1S/C17H13N3O5/c21-15-9-14(19-17(24)20-15)18-11-4-6-12(7-5-11)25-13-3-1-2-10(8-13)16(22)23/h1-9H,(H,22,23)(H3,18,19,20,21,24). The molecule has 0 aliphatic heterocycles. The maximum atomic E-state index is 11.3. The normalized spacial score (nSPS) is 10.2. The van der Waals surface area contributed by atoms with Crippen LogP contribution in [0.15, 0.2) is 64.2 Å². The van der Waals surface area contributed by atoms with Crippen LogP contribution in [0.5, 0.6) is 11.5 Å². The topological polar surface area (TPSA) is 124 Å². The number of rotatable bonds is 5. The Morgan fingerprint density at radius 3 is 2.40 bits per heavy atom. The number of aromatic nitrogens is 2. The first-order valence-electron chi connectivity index (χ1n) is 7.21. The van der Waals surface area contributed by atoms with Crippen molar-refractivity contribution < 1.29 is 14.6 Å². The van der Waals surface area contributed by atoms with Crippen molar-refractivity contribution in [3.05, 3.63) is 81.0 Å². The summed E-state index contributed by atoms with van der Waals surface area (Å²) in [5.41, 5.74) is -0.347. The summed E-state index contributed by atoms with van der Waals surface area (Å²) < 4.78 is 5.61. The Balaban J connectivity index is 1.74. The largest absolute Gasteiger partial charge is 0.478 e. The number of hydrogen-bond donors (Lipinski definition) is 4. The Kier molecular flexibility index (Phi) is 4.34. The first kappa shape index (κ1) is 16.1. The number of aromatic amines is 2. The van der Waals surface area contributed by atoms with Gasteiger partial charge in [-0.25, -0.2) is 9.59 Å². The van der Waals surface area contributed by atoms with Crippen LogP contribution in [0.3, 0.4) is 0 Å². The van der Waals surface area contributed by atoms with Gasteiger partial charge in [0.15, 0.2) is 0 Å². The summed E-state index contributed by atoms with van der Waals surface area (Å²) in [6.07, 6.45) is 0. The third-order valence-corrected chi connectivity index (χ3v) is 3.21. The quantitative estimate of drug-likeness (QED) is 0.565. The molecular formula is C17H13N3O5. The van der Waals surface area contributed by atoms with Gasteiger partial charge >= 0.3 is 11.7 Å². The number of hydrogen-bond acceptors (Lipinski definition) is 5. The Morgan fingerprint density at radius 1 is 0.960 bits per heavy atom. The molecule has 0 aliphatic rings. The lowest BCUT2D eigenvalue weighted by Gasteiger charge is -2.09. The minimum absolute atomic E-state index is 0.133. The van der Waals surface area contributed by atoms with Gasteiger partial charge in [-0.3, -0.25) is 14.8 Å². The first-order chi connectivity index (χ1) is 12.0. The summed E-state index contributed by atoms with van der Waals surface area (Å²) in [5.74, 6) is 0.139. The Labute approximate surface area is 140 Å². The predicted molar refractivity (Wildman–Crippen MR) is 90.9 cm³/mol. The van der Waals surface area contributed by atoms with Gasteiger partial charge in [-0.05, 0) is 42.5 Å². The monoisotopic (exact) mass is 339 g/mol. The molecule has 4 N–H and O–H groups in total. The lowest BCUT2D eigenvalue weighted by Crippen LogP contribution is -2.22. The molecule has 0 spiro atoms. The molecule has 0 atom stereocenters. The lowest BCUT2D eigenvalue weighted by atomic mass is 10.2. The second-order valence-corrected chi connectivity index (χ2v) is 5.09. The molecule has 0 saturated carbocycles. The van der Waals surface area contributed by atoms with Gasteiger partial charge in [0, 0.05) is 11.8 Å². The molecule has 0 radical (unpaired) electrons. The molecule has 8 nitrogen and oxygen atoms in total. The van der Waals surface area contributed by atoms with Crippen molar-refractivity contribution in [2.75, 3.05) is 5.32 Å². The molecule has 2 aromatic carbocycles. The number of ether oxygens (including phenoxy) is 1. The fourth-order valence-corrected chi connectivity index (χ4v) is 2.13. The molecule has 0 saturated heterocycles. The van der Waals surface area contributed by atoms with Crippen LogP contribution in [-0.4, -0.2) is 21.0 Å². The molecular weight excluding hydrogens is 326 g/mol. The highest BCUT2D eigenvalue weighted by atomic mass is 16.5. The van der Waals surface area contributed by atoms with E-state index in [0.29, 0.717) is 17.2 Å². The number of carbonyl (C=O) groups is 1. The van der Waals surface area contributed by atoms with E-state index in [0.717, 1.165) is 0 Å². The van der Waals surface area contributed by atoms with Crippen molar-refractivity contribution in [1.82, 2.24) is 9.97 Å². The van der Waals surface area contributed by atoms with Gasteiger partial charge in [0.1, 0.15) is 17.3 Å². The van der Waals surface area contributed by atoms with Crippen LogP contribution in [0.4, 0.5) is 11.5 Å². The average Bonchev–Trinajstić information content (AvgIpc) is 2.56. The second-order valence-electron chi connectivity index (χ2n) is 5.09. The van der Waals surface area contributed by atoms with E-state index in [1.165, 1.54) is 18.2 Å². The van der Waals surface area contributed by atoms with Crippen LogP contribution in [0.25, 0.3) is 0 Å². The van der Waals surface area contributed by atoms with Crippen LogP contribution >= 0.6 is 0 Å². The number of nitrogens with one attached hydrogen (secondary N) is 3. The lowest BCUT2D eigenvalue weighted by molar-refractivity contribution is 0.0696. The number of benzene rings is 2. The Bertz CT molecular complexity index is 993. The highest BCUT2D eigenvalue weighted by Crippen LogP contribution is 2.24. The van der Waals surface area contributed by atoms with Gasteiger partial charge in [-0.15, -0.1) is 0 Å². The summed E-state index contributed by atoms with van der Waals surface area (Å²) in [6.45, 7) is 0. The van der Waals surface area contributed by atoms with Crippen molar-refractivity contribution in [2.24, 2.45) is 0 Å². The molecule has 8 heteroatoms. The summed E-state index contributed by atoms with van der Waals surface area (Å²) in [4.78, 5) is 38.0. The van der Waals surface area contributed by atoms with E-state index >= 15 is 0 Å². The van der Waals surface area contributed by atoms with E-state index in [1.54, 1.807) is 36.4 Å². The Hall–Kier alpha value is -3.81. The molecule has 0 fully saturated rings. The smallest absolute Gasteiger partial charge is 0.335 e. The van der Waals surface area contributed by atoms with Gasteiger partial charge < -0.3 is 15.2 Å². The van der Waals surface area contributed by atoms with Crippen molar-refractivity contribution in [2.45, 2.75) is 0 Å². The van der Waals surface area contributed by atoms with Crippen LogP contribution in [-0.2, 0) is 0 Å². The molecule has 1 aromatic heterocycles. The third kappa shape index (κ3) is 4.14. The van der Waals surface area contributed by atoms with Gasteiger partial charge in [-0.2, -0.15) is 0 Å². The second kappa shape index (κ2) is 6.75. The maximum absolute atomic E-state index is 11.3. The van der Waals surface area contributed by atoms with E-state index < -0.39 is 17.2 Å². The highest BCUT2D eigenvalue weighted by Gasteiger charge is 2.05. The first-order valence-corrected chi connectivity index (χ1v) is 7.21. The zero-order valence-corrected chi connectivity index (χ0v) is 12.8. The molecule has 0 unspecified atom stereocenters. The maximum Gasteiger partial charge on any atom is 0.335 e. The average molecular weight is 339 g/mol. The predicted octanol–water partition coefficient (Wildman–Crippen LogP) is 2.30. The van der Waals surface area contributed by atoms with E-state index in [1.807, 2.05) is 0 Å². The number of carboxylic acid groups (broad SMARTS) is 1. The zero-order valence-electron chi connectivity index (χ0n) is 12.8. The summed E-state index contributed by atoms with van der Waals surface area (Å²) in [5, 5.41) is 11.9. The van der Waals surface area contributed by atoms with Crippen molar-refractivity contribution in [1.29, 1.82) is 0 Å². The van der Waals surface area contributed by atoms with Gasteiger partial charge in [0.25, 0.3) is 5.56 Å². The molecule has 0 amide bonds. The number of H-pyrrole nitrogens is 2. The molecule has 1 heterocycles. The number of aromatic carboxylic acids is 1. The van der Waals surface area contributed by atoms with Crippen LogP contribution in [0.2, 0.25) is 0 Å². The van der Waals surface area contributed by atoms with E-state index in [9.17, 15) is 14.4 Å². The SMILES string of the molecule is O=C(O)c1cccc(Oc2ccc(Nc3cc(=O)[nH]c(=O)[nH]3)cc2)c1. The molecule has 3 rings (SSSR count). The number of carboxylic acids is 1. The van der Waals surface area contributed by atoms with Crippen LogP contribution in [0.1, 0.15) is 10.4 Å². The highest BCUT2D eigenvalue weighted by molar-refractivity contribution is 5.88. The van der Waals surface area contributed by atoms with E-state index in [2.05, 4.69) is 15.3 Å². The zero-order chi connectivity index (χ0) is 17.8. The van der Waals surface area contributed by atoms with Gasteiger partial charge in [0.2, 0.25) is 0 Å². The molecule has 0 aliphatic carbocycles. The molecule has 0 bridgehead atoms. The fraction of sp³-hybridized carbons (Fsp3) is 0.